The molecular formula is C6H4BrFNO2-. The summed E-state index contributed by atoms with van der Waals surface area (Å²) in [5.74, 6) is -0.476. The van der Waals surface area contributed by atoms with E-state index < -0.39 is 5.82 Å². The summed E-state index contributed by atoms with van der Waals surface area (Å²) < 4.78 is 12.7. The average molecular weight is 221 g/mol. The molecule has 0 atom stereocenters. The summed E-state index contributed by atoms with van der Waals surface area (Å²) >= 11 is 2.86. The first-order chi connectivity index (χ1) is 5.11. The molecule has 0 heterocycles. The van der Waals surface area contributed by atoms with E-state index in [1.165, 1.54) is 12.1 Å². The Morgan fingerprint density at radius 3 is 2.64 bits per heavy atom. The van der Waals surface area contributed by atoms with Crippen LogP contribution in [0.1, 0.15) is 0 Å². The summed E-state index contributed by atoms with van der Waals surface area (Å²) in [7, 11) is 0. The molecule has 60 valence electrons. The standard InChI is InChI=1S/C6H4BrFNO2/c7-5-3-4(9(10)11)1-2-6(5)8/h1-3,10H/q-1. The SMILES string of the molecule is [O-]N(O)c1ccc(F)c(Br)c1. The van der Waals surface area contributed by atoms with Crippen molar-refractivity contribution in [2.75, 3.05) is 5.23 Å². The molecule has 0 fully saturated rings. The first kappa shape index (κ1) is 8.45. The number of nitrogens with zero attached hydrogens (tertiary/aromatic N) is 1. The van der Waals surface area contributed by atoms with Gasteiger partial charge in [0.05, 0.1) is 10.2 Å². The average Bonchev–Trinajstić information content (AvgIpc) is 1.94. The molecule has 0 bridgehead atoms. The second-order valence-corrected chi connectivity index (χ2v) is 2.73. The predicted octanol–water partition coefficient (Wildman–Crippen LogP) is 2.28. The number of hydrogen-bond acceptors (Lipinski definition) is 3. The summed E-state index contributed by atoms with van der Waals surface area (Å²) in [4.78, 5) is 0. The molecule has 0 aliphatic rings. The van der Waals surface area contributed by atoms with Crippen molar-refractivity contribution in [3.8, 4) is 0 Å². The molecule has 0 spiro atoms. The molecule has 0 saturated heterocycles. The number of anilines is 1. The molecule has 0 aliphatic carbocycles. The highest BCUT2D eigenvalue weighted by atomic mass is 79.9. The van der Waals surface area contributed by atoms with Gasteiger partial charge >= 0.3 is 0 Å². The van der Waals surface area contributed by atoms with E-state index in [-0.39, 0.29) is 15.4 Å². The zero-order chi connectivity index (χ0) is 8.43. The van der Waals surface area contributed by atoms with E-state index in [9.17, 15) is 9.60 Å². The molecule has 0 saturated carbocycles. The maximum atomic E-state index is 12.5. The minimum atomic E-state index is -0.476. The van der Waals surface area contributed by atoms with Gasteiger partial charge in [0, 0.05) is 0 Å². The Morgan fingerprint density at radius 2 is 2.18 bits per heavy atom. The van der Waals surface area contributed by atoms with Crippen molar-refractivity contribution in [3.05, 3.63) is 33.7 Å². The van der Waals surface area contributed by atoms with E-state index in [4.69, 9.17) is 5.21 Å². The van der Waals surface area contributed by atoms with E-state index >= 15 is 0 Å². The maximum Gasteiger partial charge on any atom is 0.137 e. The molecule has 1 rings (SSSR count). The van der Waals surface area contributed by atoms with Crippen LogP contribution in [0, 0.1) is 11.0 Å². The van der Waals surface area contributed by atoms with Crippen LogP contribution in [0.4, 0.5) is 10.1 Å². The molecule has 1 aromatic carbocycles. The topological polar surface area (TPSA) is 46.5 Å². The van der Waals surface area contributed by atoms with Crippen molar-refractivity contribution in [1.29, 1.82) is 0 Å². The van der Waals surface area contributed by atoms with Crippen LogP contribution in [-0.2, 0) is 0 Å². The normalized spacial score (nSPS) is 9.82. The van der Waals surface area contributed by atoms with Gasteiger partial charge in [-0.1, -0.05) is 0 Å². The van der Waals surface area contributed by atoms with Gasteiger partial charge in [-0.15, -0.1) is 0 Å². The highest BCUT2D eigenvalue weighted by molar-refractivity contribution is 9.10. The molecule has 1 aromatic rings. The van der Waals surface area contributed by atoms with Crippen LogP contribution >= 0.6 is 15.9 Å². The lowest BCUT2D eigenvalue weighted by atomic mass is 10.3. The molecular weight excluding hydrogens is 217 g/mol. The number of hydrogen-bond donors (Lipinski definition) is 1. The summed E-state index contributed by atoms with van der Waals surface area (Å²) in [6, 6.07) is 3.44. The van der Waals surface area contributed by atoms with Crippen LogP contribution in [0.25, 0.3) is 0 Å². The van der Waals surface area contributed by atoms with Crippen LogP contribution in [0.15, 0.2) is 22.7 Å². The van der Waals surface area contributed by atoms with Crippen LogP contribution in [0.2, 0.25) is 0 Å². The molecule has 11 heavy (non-hydrogen) atoms. The molecule has 0 aromatic heterocycles. The van der Waals surface area contributed by atoms with Crippen LogP contribution in [0.5, 0.6) is 0 Å². The lowest BCUT2D eigenvalue weighted by Crippen LogP contribution is -2.06. The molecule has 3 nitrogen and oxygen atoms in total. The Labute approximate surface area is 70.7 Å². The Morgan fingerprint density at radius 1 is 1.55 bits per heavy atom. The van der Waals surface area contributed by atoms with Gasteiger partial charge in [-0.3, -0.25) is 5.21 Å². The first-order valence-corrected chi connectivity index (χ1v) is 3.52. The van der Waals surface area contributed by atoms with E-state index in [1.54, 1.807) is 0 Å². The third kappa shape index (κ3) is 1.89. The van der Waals surface area contributed by atoms with Crippen molar-refractivity contribution in [2.45, 2.75) is 0 Å². The number of rotatable bonds is 1. The lowest BCUT2D eigenvalue weighted by molar-refractivity contribution is 0.296. The molecule has 5 heteroatoms. The van der Waals surface area contributed by atoms with Crippen LogP contribution < -0.4 is 5.23 Å². The third-order valence-electron chi connectivity index (χ3n) is 1.12. The predicted molar refractivity (Wildman–Crippen MR) is 41.7 cm³/mol. The lowest BCUT2D eigenvalue weighted by Gasteiger charge is -2.21. The van der Waals surface area contributed by atoms with Crippen molar-refractivity contribution in [2.24, 2.45) is 0 Å². The Balaban J connectivity index is 3.05. The third-order valence-corrected chi connectivity index (χ3v) is 1.73. The van der Waals surface area contributed by atoms with Crippen molar-refractivity contribution in [1.82, 2.24) is 0 Å². The fourth-order valence-corrected chi connectivity index (χ4v) is 0.971. The Kier molecular flexibility index (Phi) is 2.43. The van der Waals surface area contributed by atoms with Gasteiger partial charge in [0.1, 0.15) is 5.82 Å². The molecule has 0 radical (unpaired) electrons. The largest absolute Gasteiger partial charge is 0.733 e. The van der Waals surface area contributed by atoms with Gasteiger partial charge in [0.25, 0.3) is 0 Å². The molecule has 0 unspecified atom stereocenters. The summed E-state index contributed by atoms with van der Waals surface area (Å²) in [6.45, 7) is 0. The van der Waals surface area contributed by atoms with Crippen LogP contribution in [-0.4, -0.2) is 5.21 Å². The second-order valence-electron chi connectivity index (χ2n) is 1.87. The van der Waals surface area contributed by atoms with Gasteiger partial charge in [-0.2, -0.15) is 0 Å². The van der Waals surface area contributed by atoms with Crippen LogP contribution in [0.3, 0.4) is 0 Å². The minimum absolute atomic E-state index is 0.0155. The Hall–Kier alpha value is -0.650. The number of benzene rings is 1. The maximum absolute atomic E-state index is 12.5. The van der Waals surface area contributed by atoms with E-state index in [2.05, 4.69) is 15.9 Å². The van der Waals surface area contributed by atoms with Gasteiger partial charge in [-0.05, 0) is 34.1 Å². The van der Waals surface area contributed by atoms with Gasteiger partial charge in [0.15, 0.2) is 0 Å². The van der Waals surface area contributed by atoms with Gasteiger partial charge in [-0.25, -0.2) is 4.39 Å². The van der Waals surface area contributed by atoms with E-state index in [0.717, 1.165) is 6.07 Å². The van der Waals surface area contributed by atoms with E-state index in [0.29, 0.717) is 0 Å². The van der Waals surface area contributed by atoms with Gasteiger partial charge in [0.2, 0.25) is 0 Å². The minimum Gasteiger partial charge on any atom is -0.733 e. The molecule has 0 amide bonds. The first-order valence-electron chi connectivity index (χ1n) is 2.72. The van der Waals surface area contributed by atoms with Gasteiger partial charge < -0.3 is 10.4 Å². The van der Waals surface area contributed by atoms with E-state index in [1.807, 2.05) is 0 Å². The molecule has 0 aliphatic heterocycles. The smallest absolute Gasteiger partial charge is 0.137 e. The van der Waals surface area contributed by atoms with Crippen molar-refractivity contribution < 1.29 is 9.60 Å². The van der Waals surface area contributed by atoms with Crippen molar-refractivity contribution >= 4 is 21.6 Å². The highest BCUT2D eigenvalue weighted by Gasteiger charge is 1.99. The molecule has 1 N–H and O–H groups in total. The van der Waals surface area contributed by atoms with Crippen molar-refractivity contribution in [3.63, 3.8) is 0 Å². The number of halogens is 2. The Bertz CT molecular complexity index is 267. The second kappa shape index (κ2) is 3.17. The monoisotopic (exact) mass is 220 g/mol. The summed E-state index contributed by atoms with van der Waals surface area (Å²) in [6.07, 6.45) is 0. The summed E-state index contributed by atoms with van der Waals surface area (Å²) in [5.41, 5.74) is -0.0155. The highest BCUT2D eigenvalue weighted by Crippen LogP contribution is 2.21. The zero-order valence-corrected chi connectivity index (χ0v) is 6.88. The fraction of sp³-hybridized carbons (Fsp3) is 0. The zero-order valence-electron chi connectivity index (χ0n) is 5.29. The fourth-order valence-electron chi connectivity index (χ4n) is 0.604. The quantitative estimate of drug-likeness (QED) is 0.740. The summed E-state index contributed by atoms with van der Waals surface area (Å²) in [5, 5.41) is 18.3.